The first-order valence-corrected chi connectivity index (χ1v) is 18.0. The number of hydrogen-bond donors (Lipinski definition) is 0. The normalized spacial score (nSPS) is 12.2. The predicted octanol–water partition coefficient (Wildman–Crippen LogP) is 14.7. The van der Waals surface area contributed by atoms with Crippen molar-refractivity contribution in [1.29, 1.82) is 0 Å². The molecule has 0 aliphatic rings. The van der Waals surface area contributed by atoms with Crippen molar-refractivity contribution in [3.63, 3.8) is 0 Å². The van der Waals surface area contributed by atoms with Gasteiger partial charge in [0.25, 0.3) is 0 Å². The maximum absolute atomic E-state index is 6.78. The molecule has 12 rings (SSSR count). The van der Waals surface area contributed by atoms with Crippen molar-refractivity contribution in [3.05, 3.63) is 170 Å². The molecule has 0 N–H and O–H groups in total. The summed E-state index contributed by atoms with van der Waals surface area (Å²) in [7, 11) is 0. The molecule has 3 heterocycles. The fourth-order valence-electron chi connectivity index (χ4n) is 8.79. The molecule has 0 amide bonds. The number of para-hydroxylation sites is 1. The number of rotatable bonds is 3. The molecule has 0 aliphatic heterocycles. The van der Waals surface area contributed by atoms with Crippen LogP contribution in [0.4, 0.5) is 0 Å². The lowest BCUT2D eigenvalue weighted by atomic mass is 9.86. The average molecular weight is 677 g/mol. The van der Waals surface area contributed by atoms with Crippen molar-refractivity contribution in [3.8, 4) is 33.6 Å². The van der Waals surface area contributed by atoms with Crippen molar-refractivity contribution in [2.24, 2.45) is 0 Å². The van der Waals surface area contributed by atoms with Crippen molar-refractivity contribution in [2.45, 2.75) is 0 Å². The van der Waals surface area contributed by atoms with E-state index in [9.17, 15) is 0 Å². The fraction of sp³-hybridized carbons (Fsp3) is 0. The van der Waals surface area contributed by atoms with Gasteiger partial charge in [-0.1, -0.05) is 127 Å². The summed E-state index contributed by atoms with van der Waals surface area (Å²) in [5, 5.41) is 12.4. The van der Waals surface area contributed by atoms with Gasteiger partial charge >= 0.3 is 0 Å². The number of fused-ring (bicyclic) bond motifs is 11. The minimum atomic E-state index is 0.771. The highest BCUT2D eigenvalue weighted by Gasteiger charge is 2.22. The standard InChI is InChI=1S/C50H28O3/c1-2-12-29(13-3-1)46-34-17-6-8-19-36(34)47(37-20-9-7-18-35(37)46)31-22-23-42-39(27-31)48-40-28-45(52-43(40)24-25-44(48)51-42)49-32-15-5-4-14-30(32)26-38-33-16-10-11-21-41(33)53-50(38)49/h1-28H. The Morgan fingerprint density at radius 3 is 1.58 bits per heavy atom. The predicted molar refractivity (Wildman–Crippen MR) is 220 cm³/mol. The number of furan rings is 3. The zero-order valence-corrected chi connectivity index (χ0v) is 28.4. The van der Waals surface area contributed by atoms with Crippen LogP contribution in [0, 0.1) is 0 Å². The summed E-state index contributed by atoms with van der Waals surface area (Å²) in [6.07, 6.45) is 0. The quantitative estimate of drug-likeness (QED) is 0.175. The van der Waals surface area contributed by atoms with Crippen LogP contribution in [0.2, 0.25) is 0 Å². The summed E-state index contributed by atoms with van der Waals surface area (Å²) in [5.74, 6) is 0.771. The third-order valence-corrected chi connectivity index (χ3v) is 11.1. The third-order valence-electron chi connectivity index (χ3n) is 11.1. The van der Waals surface area contributed by atoms with Crippen LogP contribution in [-0.2, 0) is 0 Å². The van der Waals surface area contributed by atoms with E-state index in [1.165, 1.54) is 38.2 Å². The van der Waals surface area contributed by atoms with E-state index in [1.54, 1.807) is 0 Å². The first-order valence-electron chi connectivity index (χ1n) is 18.0. The molecular weight excluding hydrogens is 649 g/mol. The summed E-state index contributed by atoms with van der Waals surface area (Å²) in [6, 6.07) is 60.1. The third kappa shape index (κ3) is 4.05. The Hall–Kier alpha value is -7.10. The maximum atomic E-state index is 6.78. The van der Waals surface area contributed by atoms with E-state index in [2.05, 4.69) is 146 Å². The van der Waals surface area contributed by atoms with Gasteiger partial charge in [0.05, 0.1) is 5.56 Å². The SMILES string of the molecule is c1ccc(-c2c3ccccc3c(-c3ccc4oc5ccc6oc(-c7c8ccccc8cc8c7oc7ccccc78)cc6c5c4c3)c3ccccc23)cc1. The molecular formula is C50H28O3. The molecule has 0 radical (unpaired) electrons. The van der Waals surface area contributed by atoms with E-state index >= 15 is 0 Å². The molecule has 0 spiro atoms. The van der Waals surface area contributed by atoms with Crippen LogP contribution >= 0.6 is 0 Å². The topological polar surface area (TPSA) is 39.4 Å². The van der Waals surface area contributed by atoms with Gasteiger partial charge in [-0.3, -0.25) is 0 Å². The number of hydrogen-bond acceptors (Lipinski definition) is 3. The minimum absolute atomic E-state index is 0.771. The molecule has 53 heavy (non-hydrogen) atoms. The van der Waals surface area contributed by atoms with Crippen molar-refractivity contribution in [2.75, 3.05) is 0 Å². The summed E-state index contributed by atoms with van der Waals surface area (Å²) < 4.78 is 19.9. The maximum Gasteiger partial charge on any atom is 0.147 e. The molecule has 0 fully saturated rings. The van der Waals surface area contributed by atoms with Crippen LogP contribution in [0.25, 0.3) is 121 Å². The van der Waals surface area contributed by atoms with Gasteiger partial charge in [0, 0.05) is 26.9 Å². The molecule has 12 aromatic rings. The van der Waals surface area contributed by atoms with Gasteiger partial charge < -0.3 is 13.3 Å². The van der Waals surface area contributed by atoms with Crippen LogP contribution < -0.4 is 0 Å². The Balaban J connectivity index is 1.13. The first kappa shape index (κ1) is 28.6. The number of benzene rings is 9. The first-order chi connectivity index (χ1) is 26.3. The van der Waals surface area contributed by atoms with E-state index in [0.717, 1.165) is 82.5 Å². The van der Waals surface area contributed by atoms with Crippen LogP contribution in [0.1, 0.15) is 0 Å². The fourth-order valence-corrected chi connectivity index (χ4v) is 8.79. The van der Waals surface area contributed by atoms with Gasteiger partial charge in [0.2, 0.25) is 0 Å². The zero-order chi connectivity index (χ0) is 34.6. The largest absolute Gasteiger partial charge is 0.456 e. The van der Waals surface area contributed by atoms with E-state index in [4.69, 9.17) is 13.3 Å². The van der Waals surface area contributed by atoms with Gasteiger partial charge in [-0.15, -0.1) is 0 Å². The summed E-state index contributed by atoms with van der Waals surface area (Å²) in [5.41, 5.74) is 9.98. The van der Waals surface area contributed by atoms with Crippen LogP contribution in [0.15, 0.2) is 183 Å². The molecule has 3 heteroatoms. The average Bonchev–Trinajstić information content (AvgIpc) is 3.92. The van der Waals surface area contributed by atoms with Gasteiger partial charge in [0.1, 0.15) is 33.7 Å². The Morgan fingerprint density at radius 2 is 0.830 bits per heavy atom. The van der Waals surface area contributed by atoms with Crippen LogP contribution in [-0.4, -0.2) is 0 Å². The molecule has 0 saturated heterocycles. The second-order valence-electron chi connectivity index (χ2n) is 13.9. The van der Waals surface area contributed by atoms with Gasteiger partial charge in [-0.25, -0.2) is 0 Å². The molecule has 3 aromatic heterocycles. The summed E-state index contributed by atoms with van der Waals surface area (Å²) in [4.78, 5) is 0. The second kappa shape index (κ2) is 10.7. The molecule has 0 saturated carbocycles. The van der Waals surface area contributed by atoms with Gasteiger partial charge in [-0.2, -0.15) is 0 Å². The van der Waals surface area contributed by atoms with Gasteiger partial charge in [0.15, 0.2) is 0 Å². The molecule has 9 aromatic carbocycles. The Labute approximate surface area is 302 Å². The highest BCUT2D eigenvalue weighted by Crippen LogP contribution is 2.47. The smallest absolute Gasteiger partial charge is 0.147 e. The van der Waals surface area contributed by atoms with Crippen molar-refractivity contribution >= 4 is 87.2 Å². The second-order valence-corrected chi connectivity index (χ2v) is 13.9. The van der Waals surface area contributed by atoms with E-state index in [0.29, 0.717) is 0 Å². The van der Waals surface area contributed by atoms with E-state index in [-0.39, 0.29) is 0 Å². The monoisotopic (exact) mass is 676 g/mol. The Morgan fingerprint density at radius 1 is 0.283 bits per heavy atom. The van der Waals surface area contributed by atoms with Crippen molar-refractivity contribution in [1.82, 2.24) is 0 Å². The molecule has 0 atom stereocenters. The highest BCUT2D eigenvalue weighted by atomic mass is 16.4. The van der Waals surface area contributed by atoms with Gasteiger partial charge in [-0.05, 0) is 97.0 Å². The van der Waals surface area contributed by atoms with E-state index in [1.807, 2.05) is 24.3 Å². The van der Waals surface area contributed by atoms with E-state index < -0.39 is 0 Å². The molecule has 0 aliphatic carbocycles. The molecule has 0 bridgehead atoms. The van der Waals surface area contributed by atoms with Crippen LogP contribution in [0.5, 0.6) is 0 Å². The molecule has 0 unspecified atom stereocenters. The molecule has 246 valence electrons. The summed E-state index contributed by atoms with van der Waals surface area (Å²) in [6.45, 7) is 0. The molecule has 3 nitrogen and oxygen atoms in total. The van der Waals surface area contributed by atoms with Crippen molar-refractivity contribution < 1.29 is 13.3 Å². The lowest BCUT2D eigenvalue weighted by Crippen LogP contribution is -1.90. The summed E-state index contributed by atoms with van der Waals surface area (Å²) >= 11 is 0. The lowest BCUT2D eigenvalue weighted by molar-refractivity contribution is 0.626. The Bertz CT molecular complexity index is 3390. The Kier molecular flexibility index (Phi) is 5.77. The zero-order valence-electron chi connectivity index (χ0n) is 28.4. The highest BCUT2D eigenvalue weighted by molar-refractivity contribution is 6.24. The lowest BCUT2D eigenvalue weighted by Gasteiger charge is -2.17. The minimum Gasteiger partial charge on any atom is -0.456 e. The van der Waals surface area contributed by atoms with Crippen LogP contribution in [0.3, 0.4) is 0 Å².